The molecule has 3 rings (SSSR count). The van der Waals surface area contributed by atoms with Crippen molar-refractivity contribution in [2.24, 2.45) is 11.7 Å². The van der Waals surface area contributed by atoms with Gasteiger partial charge in [-0.05, 0) is 18.6 Å². The van der Waals surface area contributed by atoms with Crippen LogP contribution in [0.25, 0.3) is 11.3 Å². The van der Waals surface area contributed by atoms with Gasteiger partial charge >= 0.3 is 0 Å². The molecule has 5 heteroatoms. The van der Waals surface area contributed by atoms with E-state index >= 15 is 0 Å². The molecule has 0 bridgehead atoms. The Morgan fingerprint density at radius 1 is 1.17 bits per heavy atom. The highest BCUT2D eigenvalue weighted by Crippen LogP contribution is 2.23. The zero-order valence-corrected chi connectivity index (χ0v) is 12.9. The van der Waals surface area contributed by atoms with Crippen molar-refractivity contribution in [3.05, 3.63) is 48.2 Å². The van der Waals surface area contributed by atoms with Crippen LogP contribution in [-0.2, 0) is 16.0 Å². The summed E-state index contributed by atoms with van der Waals surface area (Å²) in [5.41, 5.74) is 6.31. The van der Waals surface area contributed by atoms with Gasteiger partial charge in [0.2, 0.25) is 11.8 Å². The number of rotatable bonds is 5. The number of hydrogen-bond donors (Lipinski definition) is 1. The molecule has 2 heterocycles. The van der Waals surface area contributed by atoms with Gasteiger partial charge in [0.25, 0.3) is 0 Å². The number of primary amides is 1. The number of nitrogens with zero attached hydrogens (tertiary/aromatic N) is 1. The van der Waals surface area contributed by atoms with E-state index in [1.165, 1.54) is 0 Å². The molecule has 120 valence electrons. The van der Waals surface area contributed by atoms with Crippen LogP contribution in [-0.4, -0.2) is 29.8 Å². The largest absolute Gasteiger partial charge is 0.461 e. The molecule has 5 nitrogen and oxygen atoms in total. The quantitative estimate of drug-likeness (QED) is 0.919. The maximum Gasteiger partial charge on any atom is 0.223 e. The average molecular weight is 312 g/mol. The van der Waals surface area contributed by atoms with Gasteiger partial charge in [0, 0.05) is 31.5 Å². The summed E-state index contributed by atoms with van der Waals surface area (Å²) in [5.74, 6) is 1.13. The zero-order valence-electron chi connectivity index (χ0n) is 12.9. The Morgan fingerprint density at radius 2 is 1.96 bits per heavy atom. The maximum absolute atomic E-state index is 12.2. The van der Waals surface area contributed by atoms with Crippen molar-refractivity contribution in [3.63, 3.8) is 0 Å². The van der Waals surface area contributed by atoms with Crippen molar-refractivity contribution in [1.82, 2.24) is 4.90 Å². The lowest BCUT2D eigenvalue weighted by molar-refractivity contribution is -0.130. The lowest BCUT2D eigenvalue weighted by Crippen LogP contribution is -2.31. The number of aryl methyl sites for hydroxylation is 1. The zero-order chi connectivity index (χ0) is 16.2. The van der Waals surface area contributed by atoms with Gasteiger partial charge in [-0.25, -0.2) is 0 Å². The van der Waals surface area contributed by atoms with Crippen LogP contribution in [0.3, 0.4) is 0 Å². The van der Waals surface area contributed by atoms with Gasteiger partial charge in [-0.15, -0.1) is 0 Å². The monoisotopic (exact) mass is 312 g/mol. The Bertz CT molecular complexity index is 693. The summed E-state index contributed by atoms with van der Waals surface area (Å²) in [4.78, 5) is 25.1. The average Bonchev–Trinajstić information content (AvgIpc) is 3.23. The molecule has 1 aromatic carbocycles. The van der Waals surface area contributed by atoms with Gasteiger partial charge in [0.05, 0.1) is 5.92 Å². The third-order valence-electron chi connectivity index (χ3n) is 4.25. The molecular formula is C18H20N2O3. The number of likely N-dealkylation sites (tertiary alicyclic amines) is 1. The number of carbonyl (C=O) groups is 2. The molecule has 2 amide bonds. The van der Waals surface area contributed by atoms with Gasteiger partial charge < -0.3 is 15.1 Å². The molecule has 0 radical (unpaired) electrons. The molecule has 23 heavy (non-hydrogen) atoms. The minimum absolute atomic E-state index is 0.0476. The van der Waals surface area contributed by atoms with Crippen LogP contribution < -0.4 is 5.73 Å². The molecule has 0 aliphatic carbocycles. The number of furan rings is 1. The highest BCUT2D eigenvalue weighted by atomic mass is 16.3. The third kappa shape index (κ3) is 3.62. The predicted molar refractivity (Wildman–Crippen MR) is 86.3 cm³/mol. The Labute approximate surface area is 135 Å². The summed E-state index contributed by atoms with van der Waals surface area (Å²) in [5, 5.41) is 0. The van der Waals surface area contributed by atoms with Crippen LogP contribution in [0.4, 0.5) is 0 Å². The SMILES string of the molecule is NC(=O)C1CCN(C(=O)CCc2ccc(-c3ccccc3)o2)C1. The molecule has 0 spiro atoms. The van der Waals surface area contributed by atoms with E-state index in [0.717, 1.165) is 17.1 Å². The van der Waals surface area contributed by atoms with Crippen LogP contribution in [0.15, 0.2) is 46.9 Å². The first-order valence-corrected chi connectivity index (χ1v) is 7.84. The molecule has 2 aromatic rings. The Balaban J connectivity index is 1.54. The van der Waals surface area contributed by atoms with Crippen molar-refractivity contribution in [1.29, 1.82) is 0 Å². The highest BCUT2D eigenvalue weighted by molar-refractivity contribution is 5.81. The van der Waals surface area contributed by atoms with E-state index in [1.54, 1.807) is 4.90 Å². The minimum Gasteiger partial charge on any atom is -0.461 e. The summed E-state index contributed by atoms with van der Waals surface area (Å²) in [7, 11) is 0. The molecule has 1 aliphatic heterocycles. The second kappa shape index (κ2) is 6.69. The summed E-state index contributed by atoms with van der Waals surface area (Å²) in [6.45, 7) is 1.06. The van der Waals surface area contributed by atoms with Gasteiger partial charge in [-0.3, -0.25) is 9.59 Å². The number of hydrogen-bond acceptors (Lipinski definition) is 3. The van der Waals surface area contributed by atoms with Crippen LogP contribution in [0.5, 0.6) is 0 Å². The third-order valence-corrected chi connectivity index (χ3v) is 4.25. The van der Waals surface area contributed by atoms with E-state index in [0.29, 0.717) is 32.4 Å². The summed E-state index contributed by atoms with van der Waals surface area (Å²) >= 11 is 0. The fourth-order valence-electron chi connectivity index (χ4n) is 2.88. The lowest BCUT2D eigenvalue weighted by atomic mass is 10.1. The van der Waals surface area contributed by atoms with Crippen LogP contribution >= 0.6 is 0 Å². The van der Waals surface area contributed by atoms with E-state index in [1.807, 2.05) is 42.5 Å². The molecule has 1 aromatic heterocycles. The van der Waals surface area contributed by atoms with Crippen molar-refractivity contribution in [2.45, 2.75) is 19.3 Å². The van der Waals surface area contributed by atoms with Crippen LogP contribution in [0.1, 0.15) is 18.6 Å². The number of amides is 2. The van der Waals surface area contributed by atoms with Crippen LogP contribution in [0, 0.1) is 5.92 Å². The first kappa shape index (κ1) is 15.3. The Hall–Kier alpha value is -2.56. The molecule has 1 atom stereocenters. The summed E-state index contributed by atoms with van der Waals surface area (Å²) in [6.07, 6.45) is 1.61. The summed E-state index contributed by atoms with van der Waals surface area (Å²) < 4.78 is 5.80. The van der Waals surface area contributed by atoms with Crippen molar-refractivity contribution in [3.8, 4) is 11.3 Å². The second-order valence-corrected chi connectivity index (χ2v) is 5.86. The van der Waals surface area contributed by atoms with Gasteiger partial charge in [0.15, 0.2) is 0 Å². The molecule has 1 saturated heterocycles. The number of carbonyl (C=O) groups excluding carboxylic acids is 2. The van der Waals surface area contributed by atoms with E-state index in [2.05, 4.69) is 0 Å². The van der Waals surface area contributed by atoms with E-state index in [4.69, 9.17) is 10.2 Å². The Kier molecular flexibility index (Phi) is 4.46. The maximum atomic E-state index is 12.2. The predicted octanol–water partition coefficient (Wildman–Crippen LogP) is 2.21. The van der Waals surface area contributed by atoms with Gasteiger partial charge in [-0.2, -0.15) is 0 Å². The number of nitrogens with two attached hydrogens (primary N) is 1. The van der Waals surface area contributed by atoms with Gasteiger partial charge in [-0.1, -0.05) is 30.3 Å². The normalized spacial score (nSPS) is 17.4. The standard InChI is InChI=1S/C18H20N2O3/c19-18(22)14-10-11-20(12-14)17(21)9-7-15-6-8-16(23-15)13-4-2-1-3-5-13/h1-6,8,14H,7,9-12H2,(H2,19,22). The fraction of sp³-hybridized carbons (Fsp3) is 0.333. The highest BCUT2D eigenvalue weighted by Gasteiger charge is 2.29. The van der Waals surface area contributed by atoms with E-state index < -0.39 is 0 Å². The first-order chi connectivity index (χ1) is 11.1. The fourth-order valence-corrected chi connectivity index (χ4v) is 2.88. The summed E-state index contributed by atoms with van der Waals surface area (Å²) in [6, 6.07) is 13.7. The molecular weight excluding hydrogens is 292 g/mol. The molecule has 0 saturated carbocycles. The molecule has 1 aliphatic rings. The van der Waals surface area contributed by atoms with Crippen LogP contribution in [0.2, 0.25) is 0 Å². The van der Waals surface area contributed by atoms with Crippen molar-refractivity contribution in [2.75, 3.05) is 13.1 Å². The number of benzene rings is 1. The van der Waals surface area contributed by atoms with Crippen molar-refractivity contribution < 1.29 is 14.0 Å². The molecule has 2 N–H and O–H groups in total. The van der Waals surface area contributed by atoms with Gasteiger partial charge in [0.1, 0.15) is 11.5 Å². The topological polar surface area (TPSA) is 76.5 Å². The smallest absolute Gasteiger partial charge is 0.223 e. The second-order valence-electron chi connectivity index (χ2n) is 5.86. The van der Waals surface area contributed by atoms with E-state index in [-0.39, 0.29) is 17.7 Å². The first-order valence-electron chi connectivity index (χ1n) is 7.84. The minimum atomic E-state index is -0.321. The van der Waals surface area contributed by atoms with Crippen molar-refractivity contribution >= 4 is 11.8 Å². The molecule has 1 unspecified atom stereocenters. The Morgan fingerprint density at radius 3 is 2.65 bits per heavy atom. The lowest BCUT2D eigenvalue weighted by Gasteiger charge is -2.15. The van der Waals surface area contributed by atoms with E-state index in [9.17, 15) is 9.59 Å². The molecule has 1 fully saturated rings.